The third kappa shape index (κ3) is 2.17. The van der Waals surface area contributed by atoms with E-state index in [9.17, 15) is 9.59 Å². The average molecular weight is 340 g/mol. The number of esters is 1. The summed E-state index contributed by atoms with van der Waals surface area (Å²) in [5.74, 6) is 1.27. The number of rotatable bonds is 2. The fourth-order valence-corrected chi connectivity index (χ4v) is 6.34. The Morgan fingerprint density at radius 2 is 2.00 bits per heavy atom. The molecule has 4 rings (SSSR count). The lowest BCUT2D eigenvalue weighted by atomic mass is 9.42. The van der Waals surface area contributed by atoms with E-state index in [0.717, 1.165) is 49.5 Å². The topological polar surface area (TPSA) is 43.4 Å². The van der Waals surface area contributed by atoms with Crippen molar-refractivity contribution in [3.8, 4) is 0 Å². The summed E-state index contributed by atoms with van der Waals surface area (Å²) in [6.45, 7) is 11.0. The molecule has 0 radical (unpaired) electrons. The van der Waals surface area contributed by atoms with E-state index in [1.165, 1.54) is 6.42 Å². The lowest BCUT2D eigenvalue weighted by Gasteiger charge is -2.62. The van der Waals surface area contributed by atoms with Gasteiger partial charge in [-0.05, 0) is 61.2 Å². The summed E-state index contributed by atoms with van der Waals surface area (Å²) in [6.07, 6.45) is 11.2. The van der Waals surface area contributed by atoms with E-state index in [4.69, 9.17) is 4.74 Å². The number of ether oxygens (including phenoxy) is 1. The van der Waals surface area contributed by atoms with Crippen molar-refractivity contribution in [2.45, 2.75) is 59.3 Å². The average Bonchev–Trinajstić information content (AvgIpc) is 2.94. The van der Waals surface area contributed by atoms with Crippen molar-refractivity contribution in [1.29, 1.82) is 0 Å². The molecule has 5 atom stereocenters. The number of carbonyl (C=O) groups excluding carboxylic acids is 2. The van der Waals surface area contributed by atoms with Gasteiger partial charge in [0, 0.05) is 22.6 Å². The van der Waals surface area contributed by atoms with Crippen LogP contribution in [-0.4, -0.2) is 12.3 Å². The minimum absolute atomic E-state index is 0.188. The number of allylic oxidation sites excluding steroid dienone is 3. The molecule has 0 aromatic heterocycles. The lowest BCUT2D eigenvalue weighted by molar-refractivity contribution is -0.133. The van der Waals surface area contributed by atoms with Crippen molar-refractivity contribution < 1.29 is 14.3 Å². The van der Waals surface area contributed by atoms with E-state index < -0.39 is 0 Å². The highest BCUT2D eigenvalue weighted by molar-refractivity contribution is 5.91. The summed E-state index contributed by atoms with van der Waals surface area (Å²) in [5.41, 5.74) is 1.90. The Hall–Kier alpha value is -1.64. The second kappa shape index (κ2) is 5.18. The fourth-order valence-electron chi connectivity index (χ4n) is 6.34. The molecular formula is C22H28O3. The molecule has 2 fully saturated rings. The number of fused-ring (bicyclic) bond motifs is 4. The zero-order valence-electron chi connectivity index (χ0n) is 15.6. The minimum Gasteiger partial charge on any atom is -0.423 e. The number of carbonyl (C=O) groups is 2. The third-order valence-electron chi connectivity index (χ3n) is 8.14. The highest BCUT2D eigenvalue weighted by Gasteiger charge is 2.60. The summed E-state index contributed by atoms with van der Waals surface area (Å²) in [7, 11) is 0. The van der Waals surface area contributed by atoms with Gasteiger partial charge in [0.05, 0.1) is 0 Å². The number of hydrogen-bond acceptors (Lipinski definition) is 3. The molecule has 3 heteroatoms. The minimum atomic E-state index is -0.323. The van der Waals surface area contributed by atoms with E-state index in [1.54, 1.807) is 6.08 Å². The standard InChI is InChI=1S/C22H28O3/c1-5-20(2)8-9-21(3)15(12-20)6-7-22(4)16(13-23)19-14(10-17(21)22)11-18(24)25-19/h5,11,13,15,17H,1,6-10,12H2,2-4H3/t15-,17+,20-,21-,22+/m0/s1. The van der Waals surface area contributed by atoms with Crippen LogP contribution in [0.2, 0.25) is 0 Å². The largest absolute Gasteiger partial charge is 0.423 e. The second-order valence-corrected chi connectivity index (χ2v) is 9.43. The lowest BCUT2D eigenvalue weighted by Crippen LogP contribution is -2.54. The van der Waals surface area contributed by atoms with Gasteiger partial charge < -0.3 is 4.74 Å². The molecule has 134 valence electrons. The van der Waals surface area contributed by atoms with E-state index in [2.05, 4.69) is 33.4 Å². The Balaban J connectivity index is 1.79. The first-order valence-corrected chi connectivity index (χ1v) is 9.52. The van der Waals surface area contributed by atoms with Crippen molar-refractivity contribution >= 4 is 12.3 Å². The molecule has 4 aliphatic rings. The van der Waals surface area contributed by atoms with Gasteiger partial charge in [0.2, 0.25) is 0 Å². The Bertz CT molecular complexity index is 730. The molecule has 0 amide bonds. The van der Waals surface area contributed by atoms with Gasteiger partial charge in [0.1, 0.15) is 12.0 Å². The molecule has 0 N–H and O–H groups in total. The van der Waals surface area contributed by atoms with Crippen LogP contribution in [0.25, 0.3) is 0 Å². The summed E-state index contributed by atoms with van der Waals surface area (Å²) < 4.78 is 5.41. The molecule has 25 heavy (non-hydrogen) atoms. The first-order valence-electron chi connectivity index (χ1n) is 9.52. The SMILES string of the molecule is C=C[C@@]1(C)CC[C@@]2(C)[C@@H](CC[C@]3(C)C(C=O)=C4OC(=O)C=C4C[C@H]23)C1. The number of aldehydes is 1. The van der Waals surface area contributed by atoms with Crippen LogP contribution in [0.3, 0.4) is 0 Å². The first-order chi connectivity index (χ1) is 11.8. The molecule has 0 unspecified atom stereocenters. The predicted molar refractivity (Wildman–Crippen MR) is 96.5 cm³/mol. The molecule has 0 aromatic rings. The van der Waals surface area contributed by atoms with Crippen molar-refractivity contribution in [2.24, 2.45) is 28.1 Å². The molecule has 1 heterocycles. The second-order valence-electron chi connectivity index (χ2n) is 9.43. The van der Waals surface area contributed by atoms with E-state index in [-0.39, 0.29) is 22.2 Å². The van der Waals surface area contributed by atoms with Crippen LogP contribution in [-0.2, 0) is 14.3 Å². The number of hydrogen-bond donors (Lipinski definition) is 0. The van der Waals surface area contributed by atoms with Crippen LogP contribution in [0, 0.1) is 28.1 Å². The highest BCUT2D eigenvalue weighted by Crippen LogP contribution is 2.67. The maximum Gasteiger partial charge on any atom is 0.336 e. The molecule has 3 nitrogen and oxygen atoms in total. The van der Waals surface area contributed by atoms with E-state index in [1.807, 2.05) is 0 Å². The smallest absolute Gasteiger partial charge is 0.336 e. The quantitative estimate of drug-likeness (QED) is 0.414. The summed E-state index contributed by atoms with van der Waals surface area (Å²) >= 11 is 0. The van der Waals surface area contributed by atoms with Crippen molar-refractivity contribution in [3.05, 3.63) is 35.6 Å². The van der Waals surface area contributed by atoms with Gasteiger partial charge in [-0.25, -0.2) is 4.79 Å². The molecule has 3 aliphatic carbocycles. The van der Waals surface area contributed by atoms with Crippen molar-refractivity contribution in [2.75, 3.05) is 0 Å². The van der Waals surface area contributed by atoms with Gasteiger partial charge in [-0.15, -0.1) is 6.58 Å². The van der Waals surface area contributed by atoms with E-state index in [0.29, 0.717) is 17.6 Å². The molecule has 1 aliphatic heterocycles. The normalized spacial score (nSPS) is 45.7. The zero-order chi connectivity index (χ0) is 18.0. The summed E-state index contributed by atoms with van der Waals surface area (Å²) in [5, 5.41) is 0. The van der Waals surface area contributed by atoms with Gasteiger partial charge in [-0.1, -0.05) is 26.8 Å². The monoisotopic (exact) mass is 340 g/mol. The summed E-state index contributed by atoms with van der Waals surface area (Å²) in [6, 6.07) is 0. The Labute approximate surface area is 150 Å². The molecular weight excluding hydrogens is 312 g/mol. The first kappa shape index (κ1) is 16.8. The van der Waals surface area contributed by atoms with Crippen molar-refractivity contribution in [3.63, 3.8) is 0 Å². The van der Waals surface area contributed by atoms with Gasteiger partial charge >= 0.3 is 5.97 Å². The fraction of sp³-hybridized carbons (Fsp3) is 0.636. The third-order valence-corrected chi connectivity index (χ3v) is 8.14. The maximum absolute atomic E-state index is 12.0. The maximum atomic E-state index is 12.0. The van der Waals surface area contributed by atoms with Crippen molar-refractivity contribution in [1.82, 2.24) is 0 Å². The molecule has 0 saturated heterocycles. The molecule has 0 aromatic carbocycles. The molecule has 2 saturated carbocycles. The van der Waals surface area contributed by atoms with Gasteiger partial charge in [-0.2, -0.15) is 0 Å². The zero-order valence-corrected chi connectivity index (χ0v) is 15.6. The van der Waals surface area contributed by atoms with E-state index >= 15 is 0 Å². The van der Waals surface area contributed by atoms with Crippen LogP contribution >= 0.6 is 0 Å². The Morgan fingerprint density at radius 1 is 1.24 bits per heavy atom. The van der Waals surface area contributed by atoms with Crippen LogP contribution in [0.1, 0.15) is 59.3 Å². The summed E-state index contributed by atoms with van der Waals surface area (Å²) in [4.78, 5) is 23.8. The van der Waals surface area contributed by atoms with Crippen LogP contribution in [0.5, 0.6) is 0 Å². The van der Waals surface area contributed by atoms with Gasteiger partial charge in [0.25, 0.3) is 0 Å². The van der Waals surface area contributed by atoms with Crippen LogP contribution in [0.15, 0.2) is 35.6 Å². The van der Waals surface area contributed by atoms with Gasteiger partial charge in [-0.3, -0.25) is 4.79 Å². The Morgan fingerprint density at radius 3 is 2.68 bits per heavy atom. The Kier molecular flexibility index (Phi) is 3.49. The molecule has 0 bridgehead atoms. The van der Waals surface area contributed by atoms with Crippen LogP contribution < -0.4 is 0 Å². The highest BCUT2D eigenvalue weighted by atomic mass is 16.5. The van der Waals surface area contributed by atoms with Gasteiger partial charge in [0.15, 0.2) is 0 Å². The molecule has 0 spiro atoms. The predicted octanol–water partition coefficient (Wildman–Crippen LogP) is 4.74. The van der Waals surface area contributed by atoms with Crippen LogP contribution in [0.4, 0.5) is 0 Å².